The first kappa shape index (κ1) is 21.0. The van der Waals surface area contributed by atoms with Gasteiger partial charge in [-0.2, -0.15) is 0 Å². The van der Waals surface area contributed by atoms with E-state index in [9.17, 15) is 13.2 Å². The minimum absolute atomic E-state index is 0.0855. The van der Waals surface area contributed by atoms with Crippen molar-refractivity contribution in [3.63, 3.8) is 0 Å². The number of amides is 1. The highest BCUT2D eigenvalue weighted by Gasteiger charge is 2.19. The summed E-state index contributed by atoms with van der Waals surface area (Å²) < 4.78 is 25.7. The van der Waals surface area contributed by atoms with Crippen molar-refractivity contribution in [2.75, 3.05) is 22.4 Å². The summed E-state index contributed by atoms with van der Waals surface area (Å²) in [5.74, 6) is -0.188. The normalized spacial score (nSPS) is 11.3. The first-order valence-corrected chi connectivity index (χ1v) is 11.1. The Bertz CT molecular complexity index is 885. The van der Waals surface area contributed by atoms with Crippen LogP contribution in [-0.4, -0.2) is 27.1 Å². The third kappa shape index (κ3) is 5.57. The molecule has 0 spiro atoms. The van der Waals surface area contributed by atoms with Crippen LogP contribution in [0, 0.1) is 6.92 Å². The van der Waals surface area contributed by atoms with Crippen LogP contribution in [0.5, 0.6) is 0 Å². The predicted octanol–water partition coefficient (Wildman–Crippen LogP) is 3.91. The Morgan fingerprint density at radius 3 is 2.15 bits per heavy atom. The molecule has 146 valence electrons. The summed E-state index contributed by atoms with van der Waals surface area (Å²) in [6.07, 6.45) is 2.89. The van der Waals surface area contributed by atoms with Gasteiger partial charge in [0.15, 0.2) is 0 Å². The van der Waals surface area contributed by atoms with Gasteiger partial charge >= 0.3 is 0 Å². The molecule has 0 fully saturated rings. The summed E-state index contributed by atoms with van der Waals surface area (Å²) in [5, 5.41) is 2.99. The first-order chi connectivity index (χ1) is 12.8. The van der Waals surface area contributed by atoms with E-state index < -0.39 is 10.0 Å². The molecule has 2 aromatic rings. The van der Waals surface area contributed by atoms with Gasteiger partial charge in [-0.15, -0.1) is 0 Å². The van der Waals surface area contributed by atoms with E-state index in [0.29, 0.717) is 5.69 Å². The molecule has 0 saturated carbocycles. The quantitative estimate of drug-likeness (QED) is 0.745. The highest BCUT2D eigenvalue weighted by Crippen LogP contribution is 2.23. The largest absolute Gasteiger partial charge is 0.326 e. The molecule has 2 rings (SSSR count). The fourth-order valence-corrected chi connectivity index (χ4v) is 4.00. The Balaban J connectivity index is 2.16. The van der Waals surface area contributed by atoms with Gasteiger partial charge in [0.05, 0.1) is 11.9 Å². The number of aryl methyl sites for hydroxylation is 3. The summed E-state index contributed by atoms with van der Waals surface area (Å²) in [4.78, 5) is 12.5. The molecule has 2 aromatic carbocycles. The van der Waals surface area contributed by atoms with Crippen molar-refractivity contribution >= 4 is 27.3 Å². The number of rotatable bonds is 8. The second-order valence-electron chi connectivity index (χ2n) is 6.63. The van der Waals surface area contributed by atoms with E-state index in [-0.39, 0.29) is 18.9 Å². The molecule has 0 aliphatic carbocycles. The molecular formula is C21H28N2O3S. The van der Waals surface area contributed by atoms with E-state index in [0.717, 1.165) is 41.5 Å². The van der Waals surface area contributed by atoms with Gasteiger partial charge in [-0.25, -0.2) is 8.42 Å². The second-order valence-corrected chi connectivity index (χ2v) is 8.54. The van der Waals surface area contributed by atoms with E-state index in [1.807, 2.05) is 51.1 Å². The smallest absolute Gasteiger partial charge is 0.232 e. The average molecular weight is 389 g/mol. The molecule has 0 bridgehead atoms. The van der Waals surface area contributed by atoms with E-state index in [4.69, 9.17) is 0 Å². The molecule has 0 aromatic heterocycles. The van der Waals surface area contributed by atoms with Crippen LogP contribution in [0.25, 0.3) is 0 Å². The lowest BCUT2D eigenvalue weighted by atomic mass is 10.0. The summed E-state index contributed by atoms with van der Waals surface area (Å²) in [5.41, 5.74) is 4.57. The highest BCUT2D eigenvalue weighted by atomic mass is 32.2. The van der Waals surface area contributed by atoms with Gasteiger partial charge in [-0.05, 0) is 48.6 Å². The zero-order chi connectivity index (χ0) is 20.0. The maximum Gasteiger partial charge on any atom is 0.232 e. The van der Waals surface area contributed by atoms with E-state index >= 15 is 0 Å². The maximum atomic E-state index is 12.5. The van der Waals surface area contributed by atoms with Crippen molar-refractivity contribution in [3.8, 4) is 0 Å². The molecule has 1 N–H and O–H groups in total. The van der Waals surface area contributed by atoms with Crippen molar-refractivity contribution < 1.29 is 13.2 Å². The van der Waals surface area contributed by atoms with Crippen LogP contribution in [0.15, 0.2) is 42.5 Å². The zero-order valence-corrected chi connectivity index (χ0v) is 17.3. The van der Waals surface area contributed by atoms with Gasteiger partial charge in [0, 0.05) is 18.7 Å². The Morgan fingerprint density at radius 1 is 1.04 bits per heavy atom. The molecule has 5 nitrogen and oxygen atoms in total. The van der Waals surface area contributed by atoms with Crippen molar-refractivity contribution in [2.45, 2.75) is 40.0 Å². The summed E-state index contributed by atoms with van der Waals surface area (Å²) in [7, 11) is -3.48. The van der Waals surface area contributed by atoms with Crippen molar-refractivity contribution in [2.24, 2.45) is 0 Å². The van der Waals surface area contributed by atoms with E-state index in [1.165, 1.54) is 4.31 Å². The third-order valence-corrected chi connectivity index (χ3v) is 5.69. The number of benzene rings is 2. The Morgan fingerprint density at radius 2 is 1.63 bits per heavy atom. The Hall–Kier alpha value is -2.34. The monoisotopic (exact) mass is 388 g/mol. The van der Waals surface area contributed by atoms with Crippen molar-refractivity contribution in [1.82, 2.24) is 0 Å². The minimum atomic E-state index is -3.48. The lowest BCUT2D eigenvalue weighted by Crippen LogP contribution is -2.33. The molecule has 0 aliphatic rings. The molecule has 0 heterocycles. The van der Waals surface area contributed by atoms with Crippen molar-refractivity contribution in [3.05, 3.63) is 59.2 Å². The lowest BCUT2D eigenvalue weighted by molar-refractivity contribution is -0.116. The van der Waals surface area contributed by atoms with Crippen LogP contribution >= 0.6 is 0 Å². The van der Waals surface area contributed by atoms with Gasteiger partial charge in [0.2, 0.25) is 15.9 Å². The first-order valence-electron chi connectivity index (χ1n) is 9.21. The summed E-state index contributed by atoms with van der Waals surface area (Å²) >= 11 is 0. The number of carbonyl (C=O) groups excluding carboxylic acids is 1. The number of nitrogens with zero attached hydrogens (tertiary/aromatic N) is 1. The summed E-state index contributed by atoms with van der Waals surface area (Å²) in [6, 6.07) is 13.3. The van der Waals surface area contributed by atoms with E-state index in [2.05, 4.69) is 5.32 Å². The van der Waals surface area contributed by atoms with E-state index in [1.54, 1.807) is 12.1 Å². The van der Waals surface area contributed by atoms with Crippen LogP contribution in [0.2, 0.25) is 0 Å². The molecule has 0 unspecified atom stereocenters. The molecule has 6 heteroatoms. The number of hydrogen-bond donors (Lipinski definition) is 1. The fourth-order valence-electron chi connectivity index (χ4n) is 3.08. The minimum Gasteiger partial charge on any atom is -0.326 e. The molecule has 0 aliphatic heterocycles. The number of carbonyl (C=O) groups is 1. The Kier molecular flexibility index (Phi) is 7.02. The van der Waals surface area contributed by atoms with Gasteiger partial charge in [0.25, 0.3) is 0 Å². The molecule has 0 atom stereocenters. The topological polar surface area (TPSA) is 66.5 Å². The Labute approximate surface area is 162 Å². The average Bonchev–Trinajstić information content (AvgIpc) is 2.61. The summed E-state index contributed by atoms with van der Waals surface area (Å²) in [6.45, 7) is 6.11. The molecule has 27 heavy (non-hydrogen) atoms. The zero-order valence-electron chi connectivity index (χ0n) is 16.5. The number of sulfonamides is 1. The van der Waals surface area contributed by atoms with Crippen LogP contribution in [0.4, 0.5) is 11.4 Å². The second kappa shape index (κ2) is 9.04. The van der Waals surface area contributed by atoms with Crippen LogP contribution < -0.4 is 9.62 Å². The van der Waals surface area contributed by atoms with Crippen molar-refractivity contribution in [1.29, 1.82) is 0 Å². The van der Waals surface area contributed by atoms with Gasteiger partial charge < -0.3 is 5.32 Å². The number of nitrogens with one attached hydrogen (secondary N) is 1. The SMILES string of the molecule is CCc1cccc(CC)c1NC(=O)CCN(c1cccc(C)c1)S(C)(=O)=O. The molecule has 1 amide bonds. The van der Waals surface area contributed by atoms with Gasteiger partial charge in [-0.1, -0.05) is 44.2 Å². The highest BCUT2D eigenvalue weighted by molar-refractivity contribution is 7.92. The maximum absolute atomic E-state index is 12.5. The van der Waals surface area contributed by atoms with Crippen LogP contribution in [0.3, 0.4) is 0 Å². The number of anilines is 2. The fraction of sp³-hybridized carbons (Fsp3) is 0.381. The van der Waals surface area contributed by atoms with Gasteiger partial charge in [-0.3, -0.25) is 9.10 Å². The molecule has 0 saturated heterocycles. The lowest BCUT2D eigenvalue weighted by Gasteiger charge is -2.23. The van der Waals surface area contributed by atoms with Crippen LogP contribution in [-0.2, 0) is 27.7 Å². The third-order valence-electron chi connectivity index (χ3n) is 4.50. The number of para-hydroxylation sites is 1. The number of hydrogen-bond acceptors (Lipinski definition) is 3. The van der Waals surface area contributed by atoms with Crippen LogP contribution in [0.1, 0.15) is 37.0 Å². The predicted molar refractivity (Wildman–Crippen MR) is 112 cm³/mol. The molecule has 0 radical (unpaired) electrons. The molecular weight excluding hydrogens is 360 g/mol. The standard InChI is InChI=1S/C21H28N2O3S/c1-5-17-10-8-11-18(6-2)21(17)22-20(24)13-14-23(27(4,25)26)19-12-7-9-16(3)15-19/h7-12,15H,5-6,13-14H2,1-4H3,(H,22,24). The van der Waals surface area contributed by atoms with Gasteiger partial charge in [0.1, 0.15) is 0 Å².